The first-order valence-electron chi connectivity index (χ1n) is 3.57. The van der Waals surface area contributed by atoms with Gasteiger partial charge in [-0.1, -0.05) is 0 Å². The number of nitrogens with zero attached hydrogens (tertiary/aromatic N) is 2. The molecule has 0 aliphatic heterocycles. The van der Waals surface area contributed by atoms with Gasteiger partial charge in [0.1, 0.15) is 12.0 Å². The van der Waals surface area contributed by atoms with Crippen molar-refractivity contribution < 1.29 is 18.4 Å². The lowest BCUT2D eigenvalue weighted by Crippen LogP contribution is -2.22. The monoisotopic (exact) mass is 196 g/mol. The minimum atomic E-state index is -1.68. The molecule has 0 radical (unpaired) electrons. The van der Waals surface area contributed by atoms with Crippen LogP contribution in [0.15, 0.2) is 18.4 Å². The molecule has 1 aromatic rings. The minimum Gasteiger partial charge on any atom is -0.283 e. The second-order valence-corrected chi connectivity index (χ2v) is 2.57. The summed E-state index contributed by atoms with van der Waals surface area (Å²) in [6.07, 6.45) is 1.93. The van der Waals surface area contributed by atoms with Crippen LogP contribution in [0.1, 0.15) is 16.1 Å². The number of rotatable bonds is 0. The zero-order chi connectivity index (χ0) is 10.3. The van der Waals surface area contributed by atoms with Crippen LogP contribution in [-0.4, -0.2) is 21.5 Å². The molecule has 0 fully saturated rings. The highest BCUT2D eigenvalue weighted by molar-refractivity contribution is 6.51. The molecular weight excluding hydrogens is 194 g/mol. The predicted molar refractivity (Wildman–Crippen MR) is 40.5 cm³/mol. The van der Waals surface area contributed by atoms with E-state index in [-0.39, 0.29) is 5.56 Å². The molecule has 0 amide bonds. The smallest absolute Gasteiger partial charge is 0.266 e. The van der Waals surface area contributed by atoms with E-state index in [0.717, 1.165) is 12.5 Å². The number of halogens is 2. The summed E-state index contributed by atoms with van der Waals surface area (Å²) in [7, 11) is 0. The summed E-state index contributed by atoms with van der Waals surface area (Å²) >= 11 is 0. The summed E-state index contributed by atoms with van der Waals surface area (Å²) in [5, 5.41) is 0. The third kappa shape index (κ3) is 0.968. The van der Waals surface area contributed by atoms with Crippen LogP contribution >= 0.6 is 0 Å². The number of Topliss-reactive ketones (excluding diaryl/α,β-unsaturated/α-hetero) is 2. The van der Waals surface area contributed by atoms with E-state index < -0.39 is 28.9 Å². The lowest BCUT2D eigenvalue weighted by Gasteiger charge is -2.09. The molecule has 1 heterocycles. The number of fused-ring (bicyclic) bond motifs is 1. The van der Waals surface area contributed by atoms with E-state index >= 15 is 0 Å². The van der Waals surface area contributed by atoms with Crippen molar-refractivity contribution in [1.29, 1.82) is 0 Å². The third-order valence-corrected chi connectivity index (χ3v) is 1.76. The lowest BCUT2D eigenvalue weighted by atomic mass is 10.0. The van der Waals surface area contributed by atoms with E-state index in [4.69, 9.17) is 0 Å². The van der Waals surface area contributed by atoms with Crippen molar-refractivity contribution >= 4 is 17.4 Å². The molecule has 1 aromatic heterocycles. The third-order valence-electron chi connectivity index (χ3n) is 1.76. The molecule has 0 spiro atoms. The highest BCUT2D eigenvalue weighted by atomic mass is 19.2. The number of hydrogen-bond acceptors (Lipinski definition) is 4. The molecular formula is C8H2F2N2O2. The van der Waals surface area contributed by atoms with Crippen LogP contribution in [0.4, 0.5) is 8.78 Å². The molecule has 6 heteroatoms. The Balaban J connectivity index is 2.78. The normalized spacial score (nSPS) is 15.9. The predicted octanol–water partition coefficient (Wildman–Crippen LogP) is 0.850. The molecule has 0 bridgehead atoms. The van der Waals surface area contributed by atoms with Crippen molar-refractivity contribution in [3.8, 4) is 0 Å². The summed E-state index contributed by atoms with van der Waals surface area (Å²) in [5.74, 6) is -5.72. The Morgan fingerprint density at radius 3 is 2.50 bits per heavy atom. The van der Waals surface area contributed by atoms with Gasteiger partial charge >= 0.3 is 0 Å². The first-order chi connectivity index (χ1) is 6.63. The van der Waals surface area contributed by atoms with Crippen LogP contribution in [-0.2, 0) is 4.79 Å². The van der Waals surface area contributed by atoms with Crippen LogP contribution in [0.25, 0.3) is 5.83 Å². The van der Waals surface area contributed by atoms with Gasteiger partial charge < -0.3 is 0 Å². The van der Waals surface area contributed by atoms with E-state index in [1.807, 2.05) is 0 Å². The van der Waals surface area contributed by atoms with Gasteiger partial charge in [-0.05, 0) is 0 Å². The molecule has 2 rings (SSSR count). The molecule has 4 nitrogen and oxygen atoms in total. The fourth-order valence-corrected chi connectivity index (χ4v) is 1.10. The minimum absolute atomic E-state index is 0.380. The topological polar surface area (TPSA) is 59.9 Å². The summed E-state index contributed by atoms with van der Waals surface area (Å²) in [6, 6.07) is 0. The second-order valence-electron chi connectivity index (χ2n) is 2.57. The highest BCUT2D eigenvalue weighted by Gasteiger charge is 2.34. The number of allylic oxidation sites excluding steroid dienone is 1. The summed E-state index contributed by atoms with van der Waals surface area (Å²) in [5.41, 5.74) is -0.779. The quantitative estimate of drug-likeness (QED) is 0.577. The van der Waals surface area contributed by atoms with Crippen molar-refractivity contribution in [2.45, 2.75) is 0 Å². The van der Waals surface area contributed by atoms with Gasteiger partial charge in [0, 0.05) is 6.20 Å². The van der Waals surface area contributed by atoms with Crippen molar-refractivity contribution in [2.24, 2.45) is 0 Å². The highest BCUT2D eigenvalue weighted by Crippen LogP contribution is 2.28. The first kappa shape index (κ1) is 8.61. The molecule has 0 saturated heterocycles. The summed E-state index contributed by atoms with van der Waals surface area (Å²) in [6.45, 7) is 0. The molecule has 0 aromatic carbocycles. The Labute approximate surface area is 76.3 Å². The molecule has 0 N–H and O–H groups in total. The van der Waals surface area contributed by atoms with E-state index in [2.05, 4.69) is 9.97 Å². The SMILES string of the molecule is O=C1C(=O)c2ncncc2C(F)=C1F. The number of aromatic nitrogens is 2. The van der Waals surface area contributed by atoms with Crippen LogP contribution in [0.3, 0.4) is 0 Å². The van der Waals surface area contributed by atoms with Crippen molar-refractivity contribution in [3.63, 3.8) is 0 Å². The maximum Gasteiger partial charge on any atom is 0.266 e. The molecule has 70 valence electrons. The fourth-order valence-electron chi connectivity index (χ4n) is 1.10. The molecule has 1 aliphatic carbocycles. The van der Waals surface area contributed by atoms with Crippen molar-refractivity contribution in [2.75, 3.05) is 0 Å². The Morgan fingerprint density at radius 1 is 1.07 bits per heavy atom. The Hall–Kier alpha value is -1.98. The van der Waals surface area contributed by atoms with Crippen LogP contribution in [0.2, 0.25) is 0 Å². The van der Waals surface area contributed by atoms with E-state index in [0.29, 0.717) is 0 Å². The molecule has 0 saturated carbocycles. The van der Waals surface area contributed by atoms with Gasteiger partial charge in [0.25, 0.3) is 11.6 Å². The summed E-state index contributed by atoms with van der Waals surface area (Å²) < 4.78 is 25.8. The largest absolute Gasteiger partial charge is 0.283 e. The average Bonchev–Trinajstić information content (AvgIpc) is 2.23. The molecule has 1 aliphatic rings. The van der Waals surface area contributed by atoms with Gasteiger partial charge in [-0.2, -0.15) is 4.39 Å². The van der Waals surface area contributed by atoms with Crippen LogP contribution < -0.4 is 0 Å². The van der Waals surface area contributed by atoms with E-state index in [1.165, 1.54) is 0 Å². The van der Waals surface area contributed by atoms with Crippen LogP contribution in [0, 0.1) is 0 Å². The Bertz CT molecular complexity index is 482. The fraction of sp³-hybridized carbons (Fsp3) is 0. The number of ketones is 2. The standard InChI is InChI=1S/C8H2F2N2O2/c9-4-3-1-11-2-12-6(3)8(14)7(13)5(4)10/h1-2H. The van der Waals surface area contributed by atoms with Gasteiger partial charge in [0.05, 0.1) is 5.56 Å². The lowest BCUT2D eigenvalue weighted by molar-refractivity contribution is -0.113. The van der Waals surface area contributed by atoms with Gasteiger partial charge in [0.2, 0.25) is 5.83 Å². The second kappa shape index (κ2) is 2.76. The number of carbonyl (C=O) groups excluding carboxylic acids is 2. The van der Waals surface area contributed by atoms with Gasteiger partial charge in [-0.25, -0.2) is 14.4 Å². The average molecular weight is 196 g/mol. The maximum absolute atomic E-state index is 13.0. The van der Waals surface area contributed by atoms with E-state index in [1.54, 1.807) is 0 Å². The number of carbonyl (C=O) groups is 2. The van der Waals surface area contributed by atoms with Gasteiger partial charge in [-0.3, -0.25) is 9.59 Å². The van der Waals surface area contributed by atoms with Crippen molar-refractivity contribution in [3.05, 3.63) is 29.6 Å². The zero-order valence-corrected chi connectivity index (χ0v) is 6.62. The Morgan fingerprint density at radius 2 is 1.79 bits per heavy atom. The van der Waals surface area contributed by atoms with Crippen molar-refractivity contribution in [1.82, 2.24) is 9.97 Å². The number of hydrogen-bond donors (Lipinski definition) is 0. The first-order valence-corrected chi connectivity index (χ1v) is 3.57. The molecule has 0 unspecified atom stereocenters. The van der Waals surface area contributed by atoms with Gasteiger partial charge in [-0.15, -0.1) is 0 Å². The van der Waals surface area contributed by atoms with E-state index in [9.17, 15) is 18.4 Å². The van der Waals surface area contributed by atoms with Gasteiger partial charge in [0.15, 0.2) is 5.83 Å². The molecule has 0 atom stereocenters. The maximum atomic E-state index is 13.0. The van der Waals surface area contributed by atoms with Crippen LogP contribution in [0.5, 0.6) is 0 Å². The zero-order valence-electron chi connectivity index (χ0n) is 6.62. The molecule has 14 heavy (non-hydrogen) atoms. The Kier molecular flexibility index (Phi) is 1.70. The summed E-state index contributed by atoms with van der Waals surface area (Å²) in [4.78, 5) is 28.7.